The lowest BCUT2D eigenvalue weighted by atomic mass is 10.1. The highest BCUT2D eigenvalue weighted by Crippen LogP contribution is 2.38. The van der Waals surface area contributed by atoms with Gasteiger partial charge in [0.05, 0.1) is 33.9 Å². The zero-order valence-electron chi connectivity index (χ0n) is 38.7. The van der Waals surface area contributed by atoms with Crippen molar-refractivity contribution in [3.63, 3.8) is 0 Å². The van der Waals surface area contributed by atoms with Crippen molar-refractivity contribution < 1.29 is 47.2 Å². The molecule has 3 atom stereocenters. The van der Waals surface area contributed by atoms with Crippen molar-refractivity contribution in [2.75, 3.05) is 47.5 Å². The summed E-state index contributed by atoms with van der Waals surface area (Å²) in [7, 11) is 1.03. The normalized spacial score (nSPS) is 14.9. The molecule has 0 aromatic heterocycles. The van der Waals surface area contributed by atoms with Gasteiger partial charge >= 0.3 is 11.9 Å². The molecule has 11 heteroatoms. The fraction of sp³-hybridized carbons (Fsp3) is 0.640. The minimum Gasteiger partial charge on any atom is -0.756 e. The topological polar surface area (TPSA) is 131 Å². The highest BCUT2D eigenvalue weighted by atomic mass is 31.2. The second-order valence-corrected chi connectivity index (χ2v) is 17.6. The van der Waals surface area contributed by atoms with E-state index in [9.17, 15) is 24.2 Å². The monoisotopic (exact) mass is 874 g/mol. The third-order valence-electron chi connectivity index (χ3n) is 9.18. The van der Waals surface area contributed by atoms with Gasteiger partial charge in [-0.2, -0.15) is 0 Å². The van der Waals surface area contributed by atoms with E-state index in [2.05, 4.69) is 74.6 Å². The zero-order valence-corrected chi connectivity index (χ0v) is 39.6. The molecule has 0 saturated heterocycles. The molecule has 0 rings (SSSR count). The van der Waals surface area contributed by atoms with Crippen molar-refractivity contribution in [2.45, 2.75) is 161 Å². The second-order valence-electron chi connectivity index (χ2n) is 16.2. The number of esters is 2. The largest absolute Gasteiger partial charge is 0.756 e. The number of allylic oxidation sites excluding steroid dienone is 14. The van der Waals surface area contributed by atoms with E-state index in [1.54, 1.807) is 18.2 Å². The van der Waals surface area contributed by atoms with E-state index in [0.29, 0.717) is 30.3 Å². The van der Waals surface area contributed by atoms with Gasteiger partial charge in [-0.15, -0.1) is 0 Å². The van der Waals surface area contributed by atoms with Crippen LogP contribution in [0.25, 0.3) is 0 Å². The van der Waals surface area contributed by atoms with Crippen molar-refractivity contribution in [3.8, 4) is 0 Å². The minimum atomic E-state index is -4.68. The first-order valence-corrected chi connectivity index (χ1v) is 24.5. The van der Waals surface area contributed by atoms with E-state index >= 15 is 0 Å². The van der Waals surface area contributed by atoms with Crippen LogP contribution in [0.1, 0.15) is 149 Å². The molecule has 0 bridgehead atoms. The molecule has 0 aromatic rings. The molecule has 0 radical (unpaired) electrons. The lowest BCUT2D eigenvalue weighted by Crippen LogP contribution is -2.37. The molecule has 1 N–H and O–H groups in total. The maximum absolute atomic E-state index is 12.7. The molecule has 0 aliphatic rings. The molecule has 0 aliphatic carbocycles. The van der Waals surface area contributed by atoms with Crippen LogP contribution in [0.3, 0.4) is 0 Å². The van der Waals surface area contributed by atoms with Gasteiger partial charge in [-0.1, -0.05) is 156 Å². The number of hydrogen-bond donors (Lipinski definition) is 1. The molecule has 0 aliphatic heterocycles. The van der Waals surface area contributed by atoms with Crippen molar-refractivity contribution >= 4 is 19.8 Å². The van der Waals surface area contributed by atoms with Crippen molar-refractivity contribution in [1.82, 2.24) is 0 Å². The van der Waals surface area contributed by atoms with Gasteiger partial charge in [-0.25, -0.2) is 0 Å². The highest BCUT2D eigenvalue weighted by Gasteiger charge is 2.21. The molecule has 10 nitrogen and oxygen atoms in total. The number of aliphatic hydroxyl groups excluding tert-OH is 1. The van der Waals surface area contributed by atoms with Gasteiger partial charge in [0, 0.05) is 12.8 Å². The van der Waals surface area contributed by atoms with Gasteiger partial charge in [-0.05, 0) is 77.0 Å². The number of carbonyl (C=O) groups excluding carboxylic acids is 2. The number of nitrogens with zero attached hydrogens (tertiary/aromatic N) is 1. The Morgan fingerprint density at radius 2 is 1.18 bits per heavy atom. The Balaban J connectivity index is 4.58. The summed E-state index contributed by atoms with van der Waals surface area (Å²) in [5.74, 6) is -1.03. The third-order valence-corrected chi connectivity index (χ3v) is 10.1. The lowest BCUT2D eigenvalue weighted by molar-refractivity contribution is -0.870. The average molecular weight is 874 g/mol. The van der Waals surface area contributed by atoms with E-state index < -0.39 is 38.6 Å². The van der Waals surface area contributed by atoms with Crippen molar-refractivity contribution in [1.29, 1.82) is 0 Å². The maximum atomic E-state index is 12.7. The summed E-state index contributed by atoms with van der Waals surface area (Å²) in [5.41, 5.74) is 0. The van der Waals surface area contributed by atoms with E-state index in [0.717, 1.165) is 57.8 Å². The first-order chi connectivity index (χ1) is 29.4. The van der Waals surface area contributed by atoms with Crippen LogP contribution in [-0.2, 0) is 32.7 Å². The summed E-state index contributed by atoms with van der Waals surface area (Å²) in [5, 5.41) is 10.2. The molecular weight excluding hydrogens is 790 g/mol. The number of likely N-dealkylation sites (N-methyl/N-ethyl adjacent to an activating group) is 1. The van der Waals surface area contributed by atoms with Crippen LogP contribution < -0.4 is 4.89 Å². The van der Waals surface area contributed by atoms with E-state index in [1.165, 1.54) is 44.9 Å². The number of rotatable bonds is 40. The smallest absolute Gasteiger partial charge is 0.306 e. The van der Waals surface area contributed by atoms with Gasteiger partial charge < -0.3 is 33.0 Å². The quantitative estimate of drug-likeness (QED) is 0.0160. The fourth-order valence-electron chi connectivity index (χ4n) is 5.56. The predicted molar refractivity (Wildman–Crippen MR) is 251 cm³/mol. The van der Waals surface area contributed by atoms with Crippen LogP contribution in [0.15, 0.2) is 97.2 Å². The molecule has 348 valence electrons. The van der Waals surface area contributed by atoms with Gasteiger partial charge in [0.25, 0.3) is 7.82 Å². The molecule has 61 heavy (non-hydrogen) atoms. The Morgan fingerprint density at radius 1 is 0.623 bits per heavy atom. The van der Waals surface area contributed by atoms with Crippen LogP contribution in [0.5, 0.6) is 0 Å². The standard InChI is InChI=1S/C50H84NO9P/c1-6-8-10-12-14-16-18-20-21-22-23-25-27-29-31-33-37-41-49(53)57-45-48(46-59-61(55,56)58-44-43-51(3,4)5)60-50(54)42-38-34-36-40-47(52)39-35-32-30-28-26-24-19-17-15-13-11-9-7-2/h9,11,14-17,20-21,24,26,30,32,34-36,39,47-48,52H,6-8,10,12-13,18-19,22-23,25,27-29,31,33,37-38,40-46H2,1-5H3/b11-9-,16-14-,17-15-,21-20-,26-24-,32-30-,36-34-,39-35-/t47?,48-/m1/s1. The van der Waals surface area contributed by atoms with Crippen LogP contribution in [0.2, 0.25) is 0 Å². The Kier molecular flexibility index (Phi) is 38.8. The molecule has 0 aromatic carbocycles. The molecule has 0 heterocycles. The number of ether oxygens (including phenoxy) is 2. The van der Waals surface area contributed by atoms with Crippen LogP contribution >= 0.6 is 7.82 Å². The first-order valence-electron chi connectivity index (χ1n) is 23.1. The number of phosphoric acid groups is 1. The molecule has 0 saturated carbocycles. The molecular formula is C50H84NO9P. The van der Waals surface area contributed by atoms with E-state index in [4.69, 9.17) is 18.5 Å². The lowest BCUT2D eigenvalue weighted by Gasteiger charge is -2.28. The number of unbranched alkanes of at least 4 members (excludes halogenated alkanes) is 10. The molecule has 2 unspecified atom stereocenters. The predicted octanol–water partition coefficient (Wildman–Crippen LogP) is 11.7. The van der Waals surface area contributed by atoms with Gasteiger partial charge in [0.1, 0.15) is 19.8 Å². The Bertz CT molecular complexity index is 1370. The van der Waals surface area contributed by atoms with E-state index in [-0.39, 0.29) is 26.1 Å². The summed E-state index contributed by atoms with van der Waals surface area (Å²) in [6, 6.07) is 0. The number of aliphatic hydroxyl groups is 1. The van der Waals surface area contributed by atoms with Crippen molar-refractivity contribution in [3.05, 3.63) is 97.2 Å². The van der Waals surface area contributed by atoms with Gasteiger partial charge in [0.2, 0.25) is 0 Å². The van der Waals surface area contributed by atoms with Crippen LogP contribution in [0.4, 0.5) is 0 Å². The molecule has 0 amide bonds. The Morgan fingerprint density at radius 3 is 1.80 bits per heavy atom. The Labute approximate surface area is 371 Å². The van der Waals surface area contributed by atoms with Crippen molar-refractivity contribution in [2.24, 2.45) is 0 Å². The van der Waals surface area contributed by atoms with E-state index in [1.807, 2.05) is 39.4 Å². The zero-order chi connectivity index (χ0) is 45.1. The Hall–Kier alpha value is -3.11. The second kappa shape index (κ2) is 40.9. The molecule has 0 spiro atoms. The average Bonchev–Trinajstić information content (AvgIpc) is 3.21. The highest BCUT2D eigenvalue weighted by molar-refractivity contribution is 7.45. The summed E-state index contributed by atoms with van der Waals surface area (Å²) >= 11 is 0. The third kappa shape index (κ3) is 44.7. The van der Waals surface area contributed by atoms with Crippen LogP contribution in [0, 0.1) is 0 Å². The number of phosphoric ester groups is 1. The summed E-state index contributed by atoms with van der Waals surface area (Å²) in [6.45, 7) is 3.85. The SMILES string of the molecule is CC/C=C\C/C=C\C/C=C\C/C=C\C=C/C(O)C/C=C\CCC(=O)O[C@H](COC(=O)CCCCCCCCC/C=C\C/C=C\CCCCC)COP(=O)([O-])OCC[N+](C)(C)C. The number of hydrogen-bond acceptors (Lipinski definition) is 9. The number of carbonyl (C=O) groups is 2. The molecule has 0 fully saturated rings. The summed E-state index contributed by atoms with van der Waals surface area (Å²) < 4.78 is 33.8. The van der Waals surface area contributed by atoms with Crippen LogP contribution in [-0.4, -0.2) is 81.2 Å². The minimum absolute atomic E-state index is 0.0113. The van der Waals surface area contributed by atoms with Gasteiger partial charge in [0.15, 0.2) is 6.10 Å². The summed E-state index contributed by atoms with van der Waals surface area (Å²) in [6.07, 6.45) is 50.4. The van der Waals surface area contributed by atoms with Gasteiger partial charge in [-0.3, -0.25) is 14.2 Å². The first kappa shape index (κ1) is 57.9. The fourth-order valence-corrected chi connectivity index (χ4v) is 6.29. The maximum Gasteiger partial charge on any atom is 0.306 e. The summed E-state index contributed by atoms with van der Waals surface area (Å²) in [4.78, 5) is 37.6. The number of quaternary nitrogens is 1.